The van der Waals surface area contributed by atoms with Crippen molar-refractivity contribution in [1.29, 1.82) is 0 Å². The van der Waals surface area contributed by atoms with E-state index < -0.39 is 0 Å². The highest BCUT2D eigenvalue weighted by atomic mass is 35.5. The minimum Gasteiger partial charge on any atom is -0.382 e. The highest BCUT2D eigenvalue weighted by Crippen LogP contribution is 2.12. The van der Waals surface area contributed by atoms with Crippen molar-refractivity contribution in [3.8, 4) is 0 Å². The summed E-state index contributed by atoms with van der Waals surface area (Å²) < 4.78 is 0. The average molecular weight is 211 g/mol. The summed E-state index contributed by atoms with van der Waals surface area (Å²) in [5.74, 6) is 0.266. The number of nitrogen functional groups attached to an aromatic ring is 1. The predicted molar refractivity (Wildman–Crippen MR) is 54.5 cm³/mol. The Bertz CT molecular complexity index is 395. The second-order valence-electron chi connectivity index (χ2n) is 2.29. The monoisotopic (exact) mass is 210 g/mol. The Balaban J connectivity index is 2.76. The van der Waals surface area contributed by atoms with Crippen molar-refractivity contribution < 1.29 is 0 Å². The highest BCUT2D eigenvalue weighted by molar-refractivity contribution is 6.30. The van der Waals surface area contributed by atoms with Crippen molar-refractivity contribution in [3.05, 3.63) is 33.6 Å². The standard InChI is InChI=1S/C7H7ClN6/c8-7-5(2-1-3-12-14-10)11-4-6(9)13-7/h1-2,4H,3H2,(H2,9,13). The van der Waals surface area contributed by atoms with E-state index in [1.807, 2.05) is 0 Å². The third-order valence-electron chi connectivity index (χ3n) is 1.30. The minimum absolute atomic E-state index is 0.224. The molecule has 0 aliphatic carbocycles. The lowest BCUT2D eigenvalue weighted by Crippen LogP contribution is -1.94. The Labute approximate surface area is 85.1 Å². The van der Waals surface area contributed by atoms with E-state index in [-0.39, 0.29) is 17.5 Å². The van der Waals surface area contributed by atoms with Crippen LogP contribution in [0.3, 0.4) is 0 Å². The number of rotatable bonds is 3. The van der Waals surface area contributed by atoms with Crippen LogP contribution in [0.4, 0.5) is 5.82 Å². The first-order valence-corrected chi connectivity index (χ1v) is 4.07. The van der Waals surface area contributed by atoms with Crippen LogP contribution < -0.4 is 5.73 Å². The molecule has 0 atom stereocenters. The molecule has 1 aromatic heterocycles. The summed E-state index contributed by atoms with van der Waals surface area (Å²) in [5, 5.41) is 3.54. The van der Waals surface area contributed by atoms with E-state index in [1.165, 1.54) is 6.20 Å². The van der Waals surface area contributed by atoms with Crippen molar-refractivity contribution in [2.24, 2.45) is 5.11 Å². The van der Waals surface area contributed by atoms with Crippen molar-refractivity contribution in [1.82, 2.24) is 9.97 Å². The summed E-state index contributed by atoms with van der Waals surface area (Å²) >= 11 is 5.73. The maximum Gasteiger partial charge on any atom is 0.157 e. The molecule has 0 bridgehead atoms. The molecule has 2 N–H and O–H groups in total. The Morgan fingerprint density at radius 3 is 3.14 bits per heavy atom. The molecule has 0 fully saturated rings. The normalized spacial score (nSPS) is 10.1. The van der Waals surface area contributed by atoms with Gasteiger partial charge in [-0.15, -0.1) is 0 Å². The Kier molecular flexibility index (Phi) is 3.72. The largest absolute Gasteiger partial charge is 0.382 e. The van der Waals surface area contributed by atoms with Crippen LogP contribution in [-0.4, -0.2) is 16.5 Å². The van der Waals surface area contributed by atoms with E-state index in [0.29, 0.717) is 5.69 Å². The molecule has 0 amide bonds. The quantitative estimate of drug-likeness (QED) is 0.469. The lowest BCUT2D eigenvalue weighted by Gasteiger charge is -1.96. The molecule has 0 aliphatic rings. The van der Waals surface area contributed by atoms with Crippen LogP contribution in [0, 0.1) is 0 Å². The Morgan fingerprint density at radius 2 is 2.50 bits per heavy atom. The molecule has 0 aromatic carbocycles. The molecular weight excluding hydrogens is 204 g/mol. The molecule has 0 spiro atoms. The van der Waals surface area contributed by atoms with Crippen molar-refractivity contribution in [2.75, 3.05) is 12.3 Å². The Hall–Kier alpha value is -1.78. The van der Waals surface area contributed by atoms with Crippen LogP contribution in [0.15, 0.2) is 17.4 Å². The van der Waals surface area contributed by atoms with E-state index in [2.05, 4.69) is 20.0 Å². The zero-order chi connectivity index (χ0) is 10.4. The number of hydrogen-bond acceptors (Lipinski definition) is 4. The smallest absolute Gasteiger partial charge is 0.157 e. The van der Waals surface area contributed by atoms with E-state index in [4.69, 9.17) is 22.9 Å². The fourth-order valence-corrected chi connectivity index (χ4v) is 0.958. The van der Waals surface area contributed by atoms with Crippen LogP contribution in [0.25, 0.3) is 16.5 Å². The van der Waals surface area contributed by atoms with Crippen LogP contribution in [-0.2, 0) is 0 Å². The summed E-state index contributed by atoms with van der Waals surface area (Å²) in [6.07, 6.45) is 4.65. The first kappa shape index (κ1) is 10.3. The fourth-order valence-electron chi connectivity index (χ4n) is 0.748. The second kappa shape index (κ2) is 5.06. The number of hydrogen-bond donors (Lipinski definition) is 1. The van der Waals surface area contributed by atoms with Gasteiger partial charge in [0.15, 0.2) is 5.15 Å². The zero-order valence-corrected chi connectivity index (χ0v) is 7.89. The molecule has 14 heavy (non-hydrogen) atoms. The lowest BCUT2D eigenvalue weighted by atomic mass is 10.4. The summed E-state index contributed by atoms with van der Waals surface area (Å²) in [6.45, 7) is 0.249. The lowest BCUT2D eigenvalue weighted by molar-refractivity contribution is 1.18. The molecule has 0 unspecified atom stereocenters. The molecule has 1 aromatic rings. The van der Waals surface area contributed by atoms with Crippen LogP contribution >= 0.6 is 11.6 Å². The molecule has 0 saturated heterocycles. The summed E-state index contributed by atoms with van der Waals surface area (Å²) in [5.41, 5.74) is 13.9. The van der Waals surface area contributed by atoms with Gasteiger partial charge < -0.3 is 5.73 Å². The second-order valence-corrected chi connectivity index (χ2v) is 2.64. The molecular formula is C7H7ClN6. The van der Waals surface area contributed by atoms with E-state index in [0.717, 1.165) is 0 Å². The molecule has 72 valence electrons. The van der Waals surface area contributed by atoms with Crippen LogP contribution in [0.5, 0.6) is 0 Å². The van der Waals surface area contributed by atoms with Gasteiger partial charge in [-0.2, -0.15) is 0 Å². The number of halogens is 1. The van der Waals surface area contributed by atoms with Gasteiger partial charge in [0, 0.05) is 11.5 Å². The maximum atomic E-state index is 8.01. The minimum atomic E-state index is 0.224. The van der Waals surface area contributed by atoms with Crippen LogP contribution in [0.2, 0.25) is 5.15 Å². The van der Waals surface area contributed by atoms with Gasteiger partial charge in [0.1, 0.15) is 11.5 Å². The molecule has 1 heterocycles. The van der Waals surface area contributed by atoms with Gasteiger partial charge in [-0.25, -0.2) is 9.97 Å². The number of aromatic nitrogens is 2. The Morgan fingerprint density at radius 1 is 1.71 bits per heavy atom. The molecule has 0 radical (unpaired) electrons. The van der Waals surface area contributed by atoms with Gasteiger partial charge in [-0.1, -0.05) is 22.8 Å². The van der Waals surface area contributed by atoms with E-state index >= 15 is 0 Å². The summed E-state index contributed by atoms with van der Waals surface area (Å²) in [7, 11) is 0. The third kappa shape index (κ3) is 2.93. The van der Waals surface area contributed by atoms with Gasteiger partial charge >= 0.3 is 0 Å². The van der Waals surface area contributed by atoms with Gasteiger partial charge in [-0.3, -0.25) is 0 Å². The van der Waals surface area contributed by atoms with Gasteiger partial charge in [-0.05, 0) is 11.6 Å². The summed E-state index contributed by atoms with van der Waals surface area (Å²) in [6, 6.07) is 0. The fraction of sp³-hybridized carbons (Fsp3) is 0.143. The zero-order valence-electron chi connectivity index (χ0n) is 7.13. The van der Waals surface area contributed by atoms with Crippen LogP contribution in [0.1, 0.15) is 5.69 Å². The number of azide groups is 1. The van der Waals surface area contributed by atoms with Gasteiger partial charge in [0.25, 0.3) is 0 Å². The average Bonchev–Trinajstić information content (AvgIpc) is 2.15. The number of nitrogens with two attached hydrogens (primary N) is 1. The summed E-state index contributed by atoms with van der Waals surface area (Å²) in [4.78, 5) is 10.3. The van der Waals surface area contributed by atoms with Crippen molar-refractivity contribution in [3.63, 3.8) is 0 Å². The van der Waals surface area contributed by atoms with Gasteiger partial charge in [0.05, 0.1) is 6.20 Å². The molecule has 0 aliphatic heterocycles. The molecule has 6 nitrogen and oxygen atoms in total. The van der Waals surface area contributed by atoms with E-state index in [9.17, 15) is 0 Å². The molecule has 0 saturated carbocycles. The van der Waals surface area contributed by atoms with Crippen molar-refractivity contribution >= 4 is 23.5 Å². The predicted octanol–water partition coefficient (Wildman–Crippen LogP) is 2.04. The van der Waals surface area contributed by atoms with Gasteiger partial charge in [0.2, 0.25) is 0 Å². The first-order valence-electron chi connectivity index (χ1n) is 3.69. The molecule has 1 rings (SSSR count). The van der Waals surface area contributed by atoms with Crippen molar-refractivity contribution in [2.45, 2.75) is 0 Å². The number of anilines is 1. The maximum absolute atomic E-state index is 8.01. The molecule has 7 heteroatoms. The first-order chi connectivity index (χ1) is 6.74. The third-order valence-corrected chi connectivity index (χ3v) is 1.58. The van der Waals surface area contributed by atoms with E-state index in [1.54, 1.807) is 12.2 Å². The topological polar surface area (TPSA) is 101 Å². The SMILES string of the molecule is [N-]=[N+]=NCC=Cc1ncc(N)nc1Cl. The highest BCUT2D eigenvalue weighted by Gasteiger charge is 1.98. The number of nitrogens with zero attached hydrogens (tertiary/aromatic N) is 5.